The molecule has 2 aromatic heterocycles. The first-order valence-electron chi connectivity index (χ1n) is 3.91. The van der Waals surface area contributed by atoms with E-state index in [-0.39, 0.29) is 6.61 Å². The van der Waals surface area contributed by atoms with E-state index in [4.69, 9.17) is 5.11 Å². The van der Waals surface area contributed by atoms with Crippen molar-refractivity contribution in [2.45, 2.75) is 6.61 Å². The van der Waals surface area contributed by atoms with Crippen LogP contribution in [0.5, 0.6) is 0 Å². The third-order valence-electron chi connectivity index (χ3n) is 1.68. The number of aromatic nitrogens is 2. The van der Waals surface area contributed by atoms with Gasteiger partial charge in [-0.1, -0.05) is 0 Å². The Morgan fingerprint density at radius 3 is 3.08 bits per heavy atom. The fraction of sp³-hybridized carbons (Fsp3) is 0.111. The molecular formula is C9H9N2OS+. The first-order valence-corrected chi connectivity index (χ1v) is 4.74. The van der Waals surface area contributed by atoms with E-state index < -0.39 is 0 Å². The van der Waals surface area contributed by atoms with Gasteiger partial charge in [-0.15, -0.1) is 3.96 Å². The SMILES string of the molecule is OCc1cs[n+](-c2cccnc2)c1. The van der Waals surface area contributed by atoms with Crippen molar-refractivity contribution >= 4 is 11.5 Å². The Kier molecular flexibility index (Phi) is 2.33. The summed E-state index contributed by atoms with van der Waals surface area (Å²) in [5.41, 5.74) is 1.95. The maximum atomic E-state index is 8.88. The van der Waals surface area contributed by atoms with Gasteiger partial charge in [0.25, 0.3) is 0 Å². The van der Waals surface area contributed by atoms with Crippen LogP contribution >= 0.6 is 11.5 Å². The number of rotatable bonds is 2. The van der Waals surface area contributed by atoms with Crippen LogP contribution in [0.4, 0.5) is 0 Å². The molecule has 4 heteroatoms. The van der Waals surface area contributed by atoms with Crippen LogP contribution in [-0.2, 0) is 6.61 Å². The minimum Gasteiger partial charge on any atom is -0.391 e. The number of hydrogen-bond acceptors (Lipinski definition) is 3. The molecule has 0 atom stereocenters. The van der Waals surface area contributed by atoms with E-state index >= 15 is 0 Å². The Hall–Kier alpha value is -1.26. The predicted octanol–water partition coefficient (Wildman–Crippen LogP) is 0.912. The highest BCUT2D eigenvalue weighted by atomic mass is 32.1. The number of aliphatic hydroxyl groups excluding tert-OH is 1. The van der Waals surface area contributed by atoms with Crippen LogP contribution in [0.25, 0.3) is 5.69 Å². The van der Waals surface area contributed by atoms with Crippen molar-refractivity contribution in [3.05, 3.63) is 41.7 Å². The highest BCUT2D eigenvalue weighted by Crippen LogP contribution is 2.04. The summed E-state index contributed by atoms with van der Waals surface area (Å²) in [5.74, 6) is 0. The summed E-state index contributed by atoms with van der Waals surface area (Å²) in [4.78, 5) is 4.02. The molecule has 2 aromatic rings. The smallest absolute Gasteiger partial charge is 0.243 e. The summed E-state index contributed by atoms with van der Waals surface area (Å²) < 4.78 is 1.97. The maximum Gasteiger partial charge on any atom is 0.243 e. The van der Waals surface area contributed by atoms with Crippen molar-refractivity contribution in [1.29, 1.82) is 0 Å². The van der Waals surface area contributed by atoms with E-state index in [1.54, 1.807) is 23.9 Å². The molecule has 0 aliphatic rings. The van der Waals surface area contributed by atoms with E-state index in [0.717, 1.165) is 11.3 Å². The van der Waals surface area contributed by atoms with E-state index in [1.807, 2.05) is 27.7 Å². The topological polar surface area (TPSA) is 37.0 Å². The fourth-order valence-electron chi connectivity index (χ4n) is 1.03. The monoisotopic (exact) mass is 193 g/mol. The molecule has 3 nitrogen and oxygen atoms in total. The molecule has 0 radical (unpaired) electrons. The Bertz CT molecular complexity index is 386. The summed E-state index contributed by atoms with van der Waals surface area (Å²) in [5, 5.41) is 10.8. The molecule has 66 valence electrons. The van der Waals surface area contributed by atoms with E-state index in [2.05, 4.69) is 4.98 Å². The van der Waals surface area contributed by atoms with Gasteiger partial charge in [0.15, 0.2) is 6.20 Å². The van der Waals surface area contributed by atoms with Crippen LogP contribution in [0, 0.1) is 0 Å². The van der Waals surface area contributed by atoms with Crippen LogP contribution in [0.1, 0.15) is 5.56 Å². The number of hydrogen-bond donors (Lipinski definition) is 1. The lowest BCUT2D eigenvalue weighted by atomic mass is 10.4. The zero-order valence-electron chi connectivity index (χ0n) is 6.92. The predicted molar refractivity (Wildman–Crippen MR) is 49.6 cm³/mol. The first kappa shape index (κ1) is 8.34. The Balaban J connectivity index is 2.36. The van der Waals surface area contributed by atoms with Crippen molar-refractivity contribution in [2.75, 3.05) is 0 Å². The molecule has 0 saturated heterocycles. The Labute approximate surface area is 80.1 Å². The molecule has 0 unspecified atom stereocenters. The van der Waals surface area contributed by atoms with E-state index in [9.17, 15) is 0 Å². The number of nitrogens with zero attached hydrogens (tertiary/aromatic N) is 2. The lowest BCUT2D eigenvalue weighted by Gasteiger charge is -1.86. The zero-order valence-corrected chi connectivity index (χ0v) is 7.74. The molecule has 0 aromatic carbocycles. The Morgan fingerprint density at radius 2 is 2.46 bits per heavy atom. The zero-order chi connectivity index (χ0) is 9.10. The van der Waals surface area contributed by atoms with Crippen molar-refractivity contribution in [2.24, 2.45) is 0 Å². The highest BCUT2D eigenvalue weighted by molar-refractivity contribution is 6.99. The second-order valence-corrected chi connectivity index (χ2v) is 3.46. The normalized spacial score (nSPS) is 10.2. The Morgan fingerprint density at radius 1 is 1.54 bits per heavy atom. The molecule has 0 fully saturated rings. The standard InChI is InChI=1S/C9H9N2OS/c12-6-8-5-11(13-7-8)9-2-1-3-10-4-9/h1-5,7,12H,6H2/q+1. The maximum absolute atomic E-state index is 8.88. The average Bonchev–Trinajstić information content (AvgIpc) is 2.67. The molecular weight excluding hydrogens is 184 g/mol. The van der Waals surface area contributed by atoms with E-state index in [1.165, 1.54) is 0 Å². The third-order valence-corrected chi connectivity index (χ3v) is 2.64. The second-order valence-electron chi connectivity index (χ2n) is 2.62. The van der Waals surface area contributed by atoms with Crippen molar-refractivity contribution in [3.63, 3.8) is 0 Å². The average molecular weight is 193 g/mol. The second kappa shape index (κ2) is 3.64. The lowest BCUT2D eigenvalue weighted by Crippen LogP contribution is -2.23. The van der Waals surface area contributed by atoms with Gasteiger partial charge in [-0.05, 0) is 6.07 Å². The van der Waals surface area contributed by atoms with Crippen LogP contribution in [0.15, 0.2) is 36.1 Å². The summed E-state index contributed by atoms with van der Waals surface area (Å²) in [7, 11) is 0. The largest absolute Gasteiger partial charge is 0.391 e. The molecule has 0 bridgehead atoms. The van der Waals surface area contributed by atoms with Crippen molar-refractivity contribution in [1.82, 2.24) is 4.98 Å². The van der Waals surface area contributed by atoms with Crippen LogP contribution in [-0.4, -0.2) is 10.1 Å². The molecule has 0 spiro atoms. The molecule has 0 aliphatic carbocycles. The van der Waals surface area contributed by atoms with Gasteiger partial charge in [0.2, 0.25) is 5.69 Å². The third kappa shape index (κ3) is 1.74. The van der Waals surface area contributed by atoms with Gasteiger partial charge in [0, 0.05) is 12.3 Å². The van der Waals surface area contributed by atoms with Gasteiger partial charge in [-0.2, -0.15) is 0 Å². The molecule has 2 rings (SSSR count). The summed E-state index contributed by atoms with van der Waals surface area (Å²) in [6.07, 6.45) is 5.43. The summed E-state index contributed by atoms with van der Waals surface area (Å²) >= 11 is 1.54. The number of aliphatic hydroxyl groups is 1. The van der Waals surface area contributed by atoms with Gasteiger partial charge in [-0.25, -0.2) is 0 Å². The highest BCUT2D eigenvalue weighted by Gasteiger charge is 2.09. The van der Waals surface area contributed by atoms with Gasteiger partial charge < -0.3 is 5.11 Å². The molecule has 13 heavy (non-hydrogen) atoms. The van der Waals surface area contributed by atoms with Crippen LogP contribution < -0.4 is 3.96 Å². The van der Waals surface area contributed by atoms with Gasteiger partial charge >= 0.3 is 0 Å². The molecule has 2 heterocycles. The van der Waals surface area contributed by atoms with Gasteiger partial charge in [0.1, 0.15) is 17.7 Å². The molecule has 0 amide bonds. The quantitative estimate of drug-likeness (QED) is 0.720. The summed E-state index contributed by atoms with van der Waals surface area (Å²) in [6.45, 7) is 0.0871. The van der Waals surface area contributed by atoms with Crippen molar-refractivity contribution < 1.29 is 9.06 Å². The molecule has 0 saturated carbocycles. The first-order chi connectivity index (χ1) is 6.40. The fourth-order valence-corrected chi connectivity index (χ4v) is 1.84. The minimum atomic E-state index is 0.0871. The van der Waals surface area contributed by atoms with Gasteiger partial charge in [-0.3, -0.25) is 4.98 Å². The number of pyridine rings is 1. The lowest BCUT2D eigenvalue weighted by molar-refractivity contribution is -0.520. The molecule has 1 N–H and O–H groups in total. The summed E-state index contributed by atoms with van der Waals surface area (Å²) in [6, 6.07) is 3.87. The molecule has 0 aliphatic heterocycles. The van der Waals surface area contributed by atoms with Crippen LogP contribution in [0.3, 0.4) is 0 Å². The van der Waals surface area contributed by atoms with Gasteiger partial charge in [0.05, 0.1) is 17.6 Å². The minimum absolute atomic E-state index is 0.0871. The van der Waals surface area contributed by atoms with Crippen LogP contribution in [0.2, 0.25) is 0 Å². The van der Waals surface area contributed by atoms with E-state index in [0.29, 0.717) is 0 Å². The van der Waals surface area contributed by atoms with Crippen molar-refractivity contribution in [3.8, 4) is 5.69 Å².